The van der Waals surface area contributed by atoms with E-state index in [1.165, 1.54) is 0 Å². The number of benzene rings is 1. The maximum Gasteiger partial charge on any atom is 0.132 e. The Morgan fingerprint density at radius 1 is 1.42 bits per heavy atom. The summed E-state index contributed by atoms with van der Waals surface area (Å²) < 4.78 is 13.0. The van der Waals surface area contributed by atoms with Gasteiger partial charge >= 0.3 is 0 Å². The minimum atomic E-state index is -1.21. The highest BCUT2D eigenvalue weighted by Gasteiger charge is 2.07. The second-order valence-electron chi connectivity index (χ2n) is 2.42. The Hall–Kier alpha value is -0.890. The summed E-state index contributed by atoms with van der Waals surface area (Å²) in [5.41, 5.74) is 0.492. The normalized spacial score (nSPS) is 12.5. The van der Waals surface area contributed by atoms with Crippen LogP contribution in [0.2, 0.25) is 5.02 Å². The first-order valence-electron chi connectivity index (χ1n) is 3.57. The van der Waals surface area contributed by atoms with E-state index in [0.29, 0.717) is 16.9 Å². The van der Waals surface area contributed by atoms with Gasteiger partial charge in [0.15, 0.2) is 0 Å². The van der Waals surface area contributed by atoms with Crippen LogP contribution in [-0.2, 0) is 4.79 Å². The molecule has 12 heavy (non-hydrogen) atoms. The average molecular weight is 187 g/mol. The molecule has 1 atom stereocenters. The highest BCUT2D eigenvalue weighted by atomic mass is 35.5. The summed E-state index contributed by atoms with van der Waals surface area (Å²) in [5, 5.41) is 0.567. The van der Waals surface area contributed by atoms with Crippen molar-refractivity contribution in [3.8, 4) is 0 Å². The Kier molecular flexibility index (Phi) is 3.23. The van der Waals surface area contributed by atoms with Crippen molar-refractivity contribution in [3.63, 3.8) is 0 Å². The van der Waals surface area contributed by atoms with Gasteiger partial charge in [-0.05, 0) is 17.7 Å². The maximum absolute atomic E-state index is 13.0. The minimum absolute atomic E-state index is 0.0956. The molecule has 3 heteroatoms. The third-order valence-electron chi connectivity index (χ3n) is 1.53. The Morgan fingerprint density at radius 3 is 2.50 bits per heavy atom. The second kappa shape index (κ2) is 4.21. The number of alkyl halides is 1. The van der Waals surface area contributed by atoms with Crippen LogP contribution in [-0.4, -0.2) is 6.29 Å². The molecule has 64 valence electrons. The van der Waals surface area contributed by atoms with E-state index in [4.69, 9.17) is 11.6 Å². The monoisotopic (exact) mass is 186 g/mol. The molecule has 1 nitrogen and oxygen atoms in total. The van der Waals surface area contributed by atoms with Crippen molar-refractivity contribution in [1.29, 1.82) is 0 Å². The van der Waals surface area contributed by atoms with Crippen molar-refractivity contribution in [2.75, 3.05) is 0 Å². The lowest BCUT2D eigenvalue weighted by molar-refractivity contribution is -0.108. The summed E-state index contributed by atoms with van der Waals surface area (Å²) >= 11 is 5.60. The van der Waals surface area contributed by atoms with Gasteiger partial charge in [-0.25, -0.2) is 4.39 Å². The van der Waals surface area contributed by atoms with E-state index in [2.05, 4.69) is 0 Å². The summed E-state index contributed by atoms with van der Waals surface area (Å²) in [6, 6.07) is 6.37. The maximum atomic E-state index is 13.0. The summed E-state index contributed by atoms with van der Waals surface area (Å²) in [6.07, 6.45) is -0.735. The molecular weight excluding hydrogens is 179 g/mol. The van der Waals surface area contributed by atoms with Gasteiger partial charge in [0.2, 0.25) is 0 Å². The second-order valence-corrected chi connectivity index (χ2v) is 2.86. The van der Waals surface area contributed by atoms with Crippen molar-refractivity contribution in [3.05, 3.63) is 34.9 Å². The lowest BCUT2D eigenvalue weighted by atomic mass is 10.1. The van der Waals surface area contributed by atoms with E-state index in [1.807, 2.05) is 0 Å². The quantitative estimate of drug-likeness (QED) is 0.664. The van der Waals surface area contributed by atoms with Crippen LogP contribution in [0.4, 0.5) is 4.39 Å². The molecule has 0 amide bonds. The molecule has 1 aromatic rings. The van der Waals surface area contributed by atoms with Gasteiger partial charge in [0.05, 0.1) is 0 Å². The van der Waals surface area contributed by atoms with Gasteiger partial charge in [-0.15, -0.1) is 0 Å². The molecule has 0 saturated carbocycles. The number of hydrogen-bond donors (Lipinski definition) is 0. The molecule has 0 bridgehead atoms. The van der Waals surface area contributed by atoms with Crippen molar-refractivity contribution < 1.29 is 9.18 Å². The van der Waals surface area contributed by atoms with E-state index < -0.39 is 6.17 Å². The number of hydrogen-bond acceptors (Lipinski definition) is 1. The van der Waals surface area contributed by atoms with Crippen molar-refractivity contribution >= 4 is 17.9 Å². The topological polar surface area (TPSA) is 17.1 Å². The molecule has 0 aliphatic heterocycles. The predicted molar refractivity (Wildman–Crippen MR) is 46.0 cm³/mol. The Bertz CT molecular complexity index is 258. The zero-order valence-corrected chi connectivity index (χ0v) is 7.09. The Balaban J connectivity index is 2.74. The van der Waals surface area contributed by atoms with Crippen LogP contribution in [0, 0.1) is 0 Å². The molecule has 0 fully saturated rings. The summed E-state index contributed by atoms with van der Waals surface area (Å²) in [5.74, 6) is 0. The standard InChI is InChI=1S/C9H8ClFO/c10-8-3-1-7(2-4-8)9(11)5-6-12/h1-4,6,9H,5H2. The fourth-order valence-electron chi connectivity index (χ4n) is 0.892. The van der Waals surface area contributed by atoms with Crippen LogP contribution in [0.3, 0.4) is 0 Å². The van der Waals surface area contributed by atoms with E-state index in [-0.39, 0.29) is 6.42 Å². The van der Waals surface area contributed by atoms with Crippen LogP contribution in [0.25, 0.3) is 0 Å². The molecule has 0 aromatic heterocycles. The van der Waals surface area contributed by atoms with Crippen molar-refractivity contribution in [2.24, 2.45) is 0 Å². The average Bonchev–Trinajstić information content (AvgIpc) is 2.06. The highest BCUT2D eigenvalue weighted by Crippen LogP contribution is 2.21. The summed E-state index contributed by atoms with van der Waals surface area (Å²) in [6.45, 7) is 0. The van der Waals surface area contributed by atoms with Crippen molar-refractivity contribution in [1.82, 2.24) is 0 Å². The van der Waals surface area contributed by atoms with Gasteiger partial charge in [-0.1, -0.05) is 23.7 Å². The molecule has 0 heterocycles. The molecule has 0 radical (unpaired) electrons. The molecule has 0 aliphatic rings. The summed E-state index contributed by atoms with van der Waals surface area (Å²) in [4.78, 5) is 9.99. The van der Waals surface area contributed by atoms with Crippen molar-refractivity contribution in [2.45, 2.75) is 12.6 Å². The zero-order chi connectivity index (χ0) is 8.97. The lowest BCUT2D eigenvalue weighted by Crippen LogP contribution is -1.91. The number of carbonyl (C=O) groups excluding carboxylic acids is 1. The van der Waals surface area contributed by atoms with E-state index >= 15 is 0 Å². The molecule has 0 aliphatic carbocycles. The van der Waals surface area contributed by atoms with Gasteiger partial charge < -0.3 is 4.79 Å². The zero-order valence-electron chi connectivity index (χ0n) is 6.34. The van der Waals surface area contributed by atoms with Gasteiger partial charge in [0, 0.05) is 11.4 Å². The first kappa shape index (κ1) is 9.20. The molecule has 0 N–H and O–H groups in total. The molecule has 1 rings (SSSR count). The van der Waals surface area contributed by atoms with Crippen LogP contribution < -0.4 is 0 Å². The third kappa shape index (κ3) is 2.31. The van der Waals surface area contributed by atoms with Gasteiger partial charge in [0.1, 0.15) is 12.5 Å². The van der Waals surface area contributed by atoms with Crippen LogP contribution >= 0.6 is 11.6 Å². The number of halogens is 2. The van der Waals surface area contributed by atoms with Gasteiger partial charge in [-0.3, -0.25) is 0 Å². The Morgan fingerprint density at radius 2 is 2.00 bits per heavy atom. The van der Waals surface area contributed by atoms with E-state index in [0.717, 1.165) is 0 Å². The fourth-order valence-corrected chi connectivity index (χ4v) is 1.02. The van der Waals surface area contributed by atoms with Crippen LogP contribution in [0.5, 0.6) is 0 Å². The SMILES string of the molecule is O=CCC(F)c1ccc(Cl)cc1. The molecular formula is C9H8ClFO. The minimum Gasteiger partial charge on any atom is -0.303 e. The Labute approximate surface area is 75.2 Å². The van der Waals surface area contributed by atoms with Gasteiger partial charge in [0.25, 0.3) is 0 Å². The van der Waals surface area contributed by atoms with E-state index in [9.17, 15) is 9.18 Å². The van der Waals surface area contributed by atoms with E-state index in [1.54, 1.807) is 24.3 Å². The first-order valence-corrected chi connectivity index (χ1v) is 3.95. The molecule has 0 spiro atoms. The molecule has 0 saturated heterocycles. The molecule has 1 unspecified atom stereocenters. The fraction of sp³-hybridized carbons (Fsp3) is 0.222. The van der Waals surface area contributed by atoms with Gasteiger partial charge in [-0.2, -0.15) is 0 Å². The van der Waals surface area contributed by atoms with Crippen LogP contribution in [0.15, 0.2) is 24.3 Å². The summed E-state index contributed by atoms with van der Waals surface area (Å²) in [7, 11) is 0. The third-order valence-corrected chi connectivity index (χ3v) is 1.79. The predicted octanol–water partition coefficient (Wildman–Crippen LogP) is 2.94. The van der Waals surface area contributed by atoms with Crippen LogP contribution in [0.1, 0.15) is 18.2 Å². The number of rotatable bonds is 3. The lowest BCUT2D eigenvalue weighted by Gasteiger charge is -2.03. The number of carbonyl (C=O) groups is 1. The smallest absolute Gasteiger partial charge is 0.132 e. The molecule has 1 aromatic carbocycles. The first-order chi connectivity index (χ1) is 5.74. The highest BCUT2D eigenvalue weighted by molar-refractivity contribution is 6.30. The largest absolute Gasteiger partial charge is 0.303 e. The number of aldehydes is 1.